The molecular formula is O12Tb2W3-16. The van der Waals surface area contributed by atoms with E-state index in [0.717, 1.165) is 0 Å². The van der Waals surface area contributed by atoms with Gasteiger partial charge < -0.3 is 65.7 Å². The first-order valence-corrected chi connectivity index (χ1v) is 0. The molecule has 2 radical (unpaired) electrons. The molecular weight excluding hydrogens is 1060 g/mol. The second-order valence-electron chi connectivity index (χ2n) is 0. The molecule has 0 spiro atoms. The predicted octanol–water partition coefficient (Wildman–Crippen LogP) is -1.43. The van der Waals surface area contributed by atoms with Crippen LogP contribution in [0.1, 0.15) is 0 Å². The van der Waals surface area contributed by atoms with Gasteiger partial charge in [0.1, 0.15) is 0 Å². The van der Waals surface area contributed by atoms with E-state index in [0.29, 0.717) is 0 Å². The van der Waals surface area contributed by atoms with E-state index in [-0.39, 0.29) is 206 Å². The van der Waals surface area contributed by atoms with Gasteiger partial charge in [-0.2, -0.15) is 0 Å². The Kier molecular flexibility index (Phi) is 12500. The minimum absolute atomic E-state index is 0. The number of rotatable bonds is 0. The molecule has 0 saturated heterocycles. The second kappa shape index (κ2) is 428. The van der Waals surface area contributed by atoms with Crippen molar-refractivity contribution in [2.75, 3.05) is 0 Å². The summed E-state index contributed by atoms with van der Waals surface area (Å²) in [5.74, 6) is 0. The van der Waals surface area contributed by atoms with Crippen molar-refractivity contribution in [2.45, 2.75) is 0 Å². The third-order valence-electron chi connectivity index (χ3n) is 0. The monoisotopic (exact) mass is 1060 g/mol. The SMILES string of the molecule is [O-2].[O-2].[O-2].[O-2].[O-2].[O-2].[O-2].[O-2].[O-2].[O-2].[O-2].[O-2].[Tb+4].[Tb+4].[W].[W].[W]. The van der Waals surface area contributed by atoms with Gasteiger partial charge in [-0.3, -0.25) is 0 Å². The maximum Gasteiger partial charge on any atom is 4.00 e. The molecule has 0 atom stereocenters. The maximum atomic E-state index is 0. The fourth-order valence-corrected chi connectivity index (χ4v) is 0. The summed E-state index contributed by atoms with van der Waals surface area (Å²) in [6.07, 6.45) is 0. The van der Waals surface area contributed by atoms with Crippen LogP contribution >= 0.6 is 0 Å². The Morgan fingerprint density at radius 1 is 0.176 bits per heavy atom. The van der Waals surface area contributed by atoms with Gasteiger partial charge in [-0.1, -0.05) is 0 Å². The molecule has 0 aliphatic carbocycles. The summed E-state index contributed by atoms with van der Waals surface area (Å²) in [6.45, 7) is 0. The molecule has 0 aromatic carbocycles. The van der Waals surface area contributed by atoms with E-state index in [4.69, 9.17) is 0 Å². The summed E-state index contributed by atoms with van der Waals surface area (Å²) in [6, 6.07) is 0. The molecule has 0 unspecified atom stereocenters. The van der Waals surface area contributed by atoms with Crippen LogP contribution in [-0.4, -0.2) is 0 Å². The van der Waals surface area contributed by atoms with E-state index in [1.807, 2.05) is 0 Å². The molecule has 0 aromatic rings. The van der Waals surface area contributed by atoms with Crippen molar-refractivity contribution in [1.82, 2.24) is 0 Å². The van der Waals surface area contributed by atoms with E-state index in [1.165, 1.54) is 0 Å². The fraction of sp³-hybridized carbons (Fsp3) is 0. The molecule has 0 aromatic heterocycles. The average Bonchev–Trinajstić information content (AvgIpc) is 0. The minimum atomic E-state index is 0. The van der Waals surface area contributed by atoms with Gasteiger partial charge in [0.15, 0.2) is 0 Å². The summed E-state index contributed by atoms with van der Waals surface area (Å²) in [7, 11) is 0. The fourth-order valence-electron chi connectivity index (χ4n) is 0. The van der Waals surface area contributed by atoms with Gasteiger partial charge in [-0.25, -0.2) is 0 Å². The summed E-state index contributed by atoms with van der Waals surface area (Å²) >= 11 is 0. The standard InChI is InChI=1S/12O.2Tb.3W/q12*-2;2*+4;;;. The van der Waals surface area contributed by atoms with Gasteiger partial charge in [-0.05, 0) is 0 Å². The van der Waals surface area contributed by atoms with Gasteiger partial charge in [-0.15, -0.1) is 0 Å². The van der Waals surface area contributed by atoms with Gasteiger partial charge in [0, 0.05) is 63.2 Å². The van der Waals surface area contributed by atoms with Crippen molar-refractivity contribution >= 4 is 0 Å². The molecule has 0 saturated carbocycles. The van der Waals surface area contributed by atoms with Crippen LogP contribution in [0.4, 0.5) is 0 Å². The number of hydrogen-bond donors (Lipinski definition) is 0. The molecule has 0 fully saturated rings. The molecule has 0 heterocycles. The van der Waals surface area contributed by atoms with Crippen LogP contribution in [0.3, 0.4) is 0 Å². The van der Waals surface area contributed by atoms with Gasteiger partial charge in [0.2, 0.25) is 0 Å². The Bertz CT molecular complexity index is 19.7. The maximum absolute atomic E-state index is 0. The minimum Gasteiger partial charge on any atom is -2.00 e. The summed E-state index contributed by atoms with van der Waals surface area (Å²) in [5.41, 5.74) is 0. The predicted molar refractivity (Wildman–Crippen MR) is 8.24 cm³/mol. The van der Waals surface area contributed by atoms with E-state index in [2.05, 4.69) is 0 Å². The second-order valence-corrected chi connectivity index (χ2v) is 0. The quantitative estimate of drug-likeness (QED) is 0.269. The smallest absolute Gasteiger partial charge is 2.00 e. The summed E-state index contributed by atoms with van der Waals surface area (Å²) in [5, 5.41) is 0. The van der Waals surface area contributed by atoms with Gasteiger partial charge in [0.05, 0.1) is 0 Å². The molecule has 0 N–H and O–H groups in total. The van der Waals surface area contributed by atoms with E-state index >= 15 is 0 Å². The first kappa shape index (κ1) is 498. The number of hydrogen-bond acceptors (Lipinski definition) is 0. The average molecular weight is 1060 g/mol. The van der Waals surface area contributed by atoms with Crippen molar-refractivity contribution in [1.29, 1.82) is 0 Å². The van der Waals surface area contributed by atoms with Crippen LogP contribution in [0, 0.1) is 77.2 Å². The topological polar surface area (TPSA) is 342 Å². The van der Waals surface area contributed by atoms with E-state index < -0.39 is 0 Å². The van der Waals surface area contributed by atoms with Crippen molar-refractivity contribution in [3.63, 3.8) is 0 Å². The van der Waals surface area contributed by atoms with Crippen LogP contribution < -0.4 is 0 Å². The van der Waals surface area contributed by atoms with Crippen molar-refractivity contribution in [2.24, 2.45) is 0 Å². The van der Waals surface area contributed by atoms with Crippen molar-refractivity contribution in [3.8, 4) is 0 Å². The molecule has 0 rings (SSSR count). The Morgan fingerprint density at radius 2 is 0.176 bits per heavy atom. The normalized spacial score (nSPS) is 0. The first-order chi connectivity index (χ1) is 0. The third kappa shape index (κ3) is 385. The zero-order valence-corrected chi connectivity index (χ0v) is 19.9. The molecule has 0 aliphatic rings. The van der Waals surface area contributed by atoms with Crippen LogP contribution in [0.5, 0.6) is 0 Å². The van der Waals surface area contributed by atoms with Crippen molar-refractivity contribution in [3.05, 3.63) is 0 Å². The Morgan fingerprint density at radius 3 is 0.176 bits per heavy atom. The van der Waals surface area contributed by atoms with Gasteiger partial charge >= 0.3 is 77.2 Å². The zero-order valence-electron chi connectivity index (χ0n) is 6.79. The van der Waals surface area contributed by atoms with Gasteiger partial charge in [0.25, 0.3) is 0 Å². The largest absolute Gasteiger partial charge is 4.00 e. The molecule has 17 heavy (non-hydrogen) atoms. The molecule has 0 bridgehead atoms. The third-order valence-corrected chi connectivity index (χ3v) is 0. The van der Waals surface area contributed by atoms with Crippen LogP contribution in [0.25, 0.3) is 0 Å². The summed E-state index contributed by atoms with van der Waals surface area (Å²) < 4.78 is 0. The summed E-state index contributed by atoms with van der Waals surface area (Å²) in [4.78, 5) is 0. The molecule has 12 nitrogen and oxygen atoms in total. The Hall–Kier alpha value is 4.16. The van der Waals surface area contributed by atoms with Crippen LogP contribution in [0.15, 0.2) is 0 Å². The molecule has 124 valence electrons. The van der Waals surface area contributed by atoms with Crippen molar-refractivity contribution < 1.29 is 206 Å². The zero-order chi connectivity index (χ0) is 0. The van der Waals surface area contributed by atoms with Crippen LogP contribution in [0.2, 0.25) is 0 Å². The molecule has 0 amide bonds. The van der Waals surface area contributed by atoms with E-state index in [9.17, 15) is 0 Å². The molecule has 0 aliphatic heterocycles. The Balaban J connectivity index is 0. The van der Waals surface area contributed by atoms with E-state index in [1.54, 1.807) is 0 Å². The molecule has 17 heteroatoms. The van der Waals surface area contributed by atoms with Crippen LogP contribution in [-0.2, 0) is 129 Å². The Labute approximate surface area is 202 Å². The first-order valence-electron chi connectivity index (χ1n) is 0.